The number of esters is 2. The number of phosphoric acid groups is 1. The van der Waals surface area contributed by atoms with E-state index < -0.39 is 26.5 Å². The summed E-state index contributed by atoms with van der Waals surface area (Å²) in [5.74, 6) is -0.814. The Morgan fingerprint density at radius 3 is 1.46 bits per heavy atom. The van der Waals surface area contributed by atoms with Crippen molar-refractivity contribution >= 4 is 19.8 Å². The summed E-state index contributed by atoms with van der Waals surface area (Å²) in [6.45, 7) is 4.37. The number of rotatable bonds is 42. The van der Waals surface area contributed by atoms with E-state index >= 15 is 0 Å². The molecule has 1 N–H and O–H groups in total. The summed E-state index contributed by atoms with van der Waals surface area (Å²) in [4.78, 5) is 35.4. The van der Waals surface area contributed by atoms with Gasteiger partial charge in [0.1, 0.15) is 19.8 Å². The van der Waals surface area contributed by atoms with Gasteiger partial charge in [0.05, 0.1) is 27.7 Å². The van der Waals surface area contributed by atoms with Crippen LogP contribution in [0.25, 0.3) is 0 Å². The van der Waals surface area contributed by atoms with Gasteiger partial charge in [0.2, 0.25) is 0 Å². The molecule has 0 aliphatic rings. The molecule has 0 aromatic heterocycles. The van der Waals surface area contributed by atoms with Gasteiger partial charge in [-0.3, -0.25) is 18.6 Å². The second-order valence-corrected chi connectivity index (χ2v) is 18.2. The highest BCUT2D eigenvalue weighted by Crippen LogP contribution is 2.43. The largest absolute Gasteiger partial charge is 0.472 e. The zero-order valence-electron chi connectivity index (χ0n) is 37.6. The van der Waals surface area contributed by atoms with Gasteiger partial charge in [0, 0.05) is 12.8 Å². The third-order valence-corrected chi connectivity index (χ3v) is 10.9. The van der Waals surface area contributed by atoms with Crippen LogP contribution < -0.4 is 0 Å². The van der Waals surface area contributed by atoms with Crippen molar-refractivity contribution in [2.24, 2.45) is 0 Å². The van der Waals surface area contributed by atoms with Gasteiger partial charge in [-0.1, -0.05) is 159 Å². The minimum absolute atomic E-state index is 0.0285. The molecule has 0 rings (SSSR count). The molecule has 0 radical (unpaired) electrons. The Morgan fingerprint density at radius 1 is 0.544 bits per heavy atom. The molecule has 0 amide bonds. The number of carbonyl (C=O) groups excluding carboxylic acids is 2. The number of quaternary nitrogens is 1. The van der Waals surface area contributed by atoms with Crippen molar-refractivity contribution in [3.8, 4) is 0 Å². The van der Waals surface area contributed by atoms with Crippen molar-refractivity contribution in [3.05, 3.63) is 36.5 Å². The molecule has 0 heterocycles. The summed E-state index contributed by atoms with van der Waals surface area (Å²) in [6, 6.07) is 0. The molecule has 0 spiro atoms. The van der Waals surface area contributed by atoms with Crippen LogP contribution in [-0.2, 0) is 32.7 Å². The number of nitrogens with zero attached hydrogens (tertiary/aromatic N) is 1. The molecule has 0 aliphatic heterocycles. The first kappa shape index (κ1) is 55.2. The van der Waals surface area contributed by atoms with Crippen LogP contribution in [0.2, 0.25) is 0 Å². The second-order valence-electron chi connectivity index (χ2n) is 16.8. The van der Waals surface area contributed by atoms with E-state index in [1.54, 1.807) is 0 Å². The van der Waals surface area contributed by atoms with Crippen molar-refractivity contribution in [1.29, 1.82) is 0 Å². The summed E-state index contributed by atoms with van der Waals surface area (Å²) in [5.41, 5.74) is 0. The zero-order chi connectivity index (χ0) is 42.1. The highest BCUT2D eigenvalue weighted by Gasteiger charge is 2.27. The zero-order valence-corrected chi connectivity index (χ0v) is 38.5. The third kappa shape index (κ3) is 43.6. The summed E-state index contributed by atoms with van der Waals surface area (Å²) in [5, 5.41) is 0. The lowest BCUT2D eigenvalue weighted by Gasteiger charge is -2.24. The molecular formula is C47H89NO8P+. The lowest BCUT2D eigenvalue weighted by Crippen LogP contribution is -2.37. The molecule has 0 fully saturated rings. The summed E-state index contributed by atoms with van der Waals surface area (Å²) in [6.07, 6.45) is 44.7. The molecule has 2 unspecified atom stereocenters. The maximum absolute atomic E-state index is 12.7. The topological polar surface area (TPSA) is 108 Å². The maximum Gasteiger partial charge on any atom is 0.472 e. The van der Waals surface area contributed by atoms with Crippen molar-refractivity contribution in [3.63, 3.8) is 0 Å². The number of carbonyl (C=O) groups is 2. The molecule has 334 valence electrons. The fraction of sp³-hybridized carbons (Fsp3) is 0.830. The highest BCUT2D eigenvalue weighted by atomic mass is 31.2. The van der Waals surface area contributed by atoms with Crippen LogP contribution >= 0.6 is 7.82 Å². The number of ether oxygens (including phenoxy) is 2. The van der Waals surface area contributed by atoms with Gasteiger partial charge in [-0.25, -0.2) is 4.57 Å². The highest BCUT2D eigenvalue weighted by molar-refractivity contribution is 7.47. The van der Waals surface area contributed by atoms with E-state index in [1.165, 1.54) is 103 Å². The smallest absolute Gasteiger partial charge is 0.462 e. The third-order valence-electron chi connectivity index (χ3n) is 9.89. The predicted molar refractivity (Wildman–Crippen MR) is 238 cm³/mol. The quantitative estimate of drug-likeness (QED) is 0.0213. The number of phosphoric ester groups is 1. The van der Waals surface area contributed by atoms with Crippen LogP contribution in [0.4, 0.5) is 0 Å². The van der Waals surface area contributed by atoms with E-state index in [0.717, 1.165) is 64.2 Å². The van der Waals surface area contributed by atoms with Gasteiger partial charge in [-0.05, 0) is 64.2 Å². The Hall–Kier alpha value is -1.77. The summed E-state index contributed by atoms with van der Waals surface area (Å²) < 4.78 is 34.3. The van der Waals surface area contributed by atoms with E-state index in [1.807, 2.05) is 21.1 Å². The van der Waals surface area contributed by atoms with E-state index in [4.69, 9.17) is 18.5 Å². The Labute approximate surface area is 351 Å². The number of hydrogen-bond acceptors (Lipinski definition) is 7. The first-order chi connectivity index (χ1) is 27.5. The number of allylic oxidation sites excluding steroid dienone is 6. The van der Waals surface area contributed by atoms with Crippen molar-refractivity contribution in [1.82, 2.24) is 0 Å². The van der Waals surface area contributed by atoms with Crippen LogP contribution in [0.1, 0.15) is 200 Å². The van der Waals surface area contributed by atoms with Crippen molar-refractivity contribution < 1.29 is 42.1 Å². The van der Waals surface area contributed by atoms with Gasteiger partial charge in [0.15, 0.2) is 6.10 Å². The molecule has 9 nitrogen and oxygen atoms in total. The monoisotopic (exact) mass is 827 g/mol. The second kappa shape index (κ2) is 39.7. The fourth-order valence-corrected chi connectivity index (χ4v) is 6.94. The van der Waals surface area contributed by atoms with Crippen LogP contribution in [0.5, 0.6) is 0 Å². The summed E-state index contributed by atoms with van der Waals surface area (Å²) >= 11 is 0. The van der Waals surface area contributed by atoms with Gasteiger partial charge >= 0.3 is 19.8 Å². The normalized spacial score (nSPS) is 13.9. The number of unbranched alkanes of at least 4 members (excludes halogenated alkanes) is 22. The van der Waals surface area contributed by atoms with Gasteiger partial charge in [-0.15, -0.1) is 0 Å². The number of hydrogen-bond donors (Lipinski definition) is 1. The van der Waals surface area contributed by atoms with Crippen LogP contribution in [0.3, 0.4) is 0 Å². The van der Waals surface area contributed by atoms with E-state index in [0.29, 0.717) is 17.4 Å². The molecule has 0 saturated heterocycles. The standard InChI is InChI=1S/C47H88NO8P/c1-6-8-10-12-14-16-18-20-22-23-24-25-26-28-29-31-33-35-37-39-46(49)53-43-45(44-55-57(51,52)54-42-41-48(3,4)5)56-47(50)40-38-36-34-32-30-27-21-19-17-15-13-11-9-7-2/h13,15,19-22,45H,6-12,14,16-18,23-44H2,1-5H3/p+1/b15-13-,21-19-,22-20-. The van der Waals surface area contributed by atoms with Crippen molar-refractivity contribution in [2.45, 2.75) is 206 Å². The average molecular weight is 827 g/mol. The Balaban J connectivity index is 4.31. The van der Waals surface area contributed by atoms with Crippen LogP contribution in [0, 0.1) is 0 Å². The molecule has 0 bridgehead atoms. The lowest BCUT2D eigenvalue weighted by atomic mass is 10.1. The predicted octanol–water partition coefficient (Wildman–Crippen LogP) is 13.3. The Morgan fingerprint density at radius 2 is 0.965 bits per heavy atom. The van der Waals surface area contributed by atoms with E-state index in [9.17, 15) is 19.0 Å². The average Bonchev–Trinajstić information content (AvgIpc) is 3.16. The minimum atomic E-state index is -4.38. The van der Waals surface area contributed by atoms with Crippen LogP contribution in [0.15, 0.2) is 36.5 Å². The molecule has 0 aromatic carbocycles. The van der Waals surface area contributed by atoms with E-state index in [-0.39, 0.29) is 32.0 Å². The van der Waals surface area contributed by atoms with E-state index in [2.05, 4.69) is 50.3 Å². The SMILES string of the molecule is CCCC/C=C\C/C=C\CCCCCCCC(=O)OC(COC(=O)CCCCCCCCCCC/C=C\CCCCCCCC)COP(=O)(O)OCC[N+](C)(C)C. The first-order valence-corrected chi connectivity index (χ1v) is 24.7. The molecule has 0 saturated carbocycles. The molecule has 10 heteroatoms. The first-order valence-electron chi connectivity index (χ1n) is 23.2. The van der Waals surface area contributed by atoms with Crippen LogP contribution in [-0.4, -0.2) is 74.9 Å². The minimum Gasteiger partial charge on any atom is -0.462 e. The molecule has 0 aliphatic carbocycles. The van der Waals surface area contributed by atoms with Gasteiger partial charge in [0.25, 0.3) is 0 Å². The molecule has 57 heavy (non-hydrogen) atoms. The van der Waals surface area contributed by atoms with Gasteiger partial charge < -0.3 is 18.9 Å². The summed E-state index contributed by atoms with van der Waals surface area (Å²) in [7, 11) is 1.47. The Kier molecular flexibility index (Phi) is 38.4. The molecular weight excluding hydrogens is 737 g/mol. The maximum atomic E-state index is 12.7. The lowest BCUT2D eigenvalue weighted by molar-refractivity contribution is -0.870. The molecule has 0 aromatic rings. The van der Waals surface area contributed by atoms with Gasteiger partial charge in [-0.2, -0.15) is 0 Å². The van der Waals surface area contributed by atoms with Crippen molar-refractivity contribution in [2.75, 3.05) is 47.5 Å². The Bertz CT molecular complexity index is 1070. The number of likely N-dealkylation sites (N-methyl/N-ethyl adjacent to an activating group) is 1. The molecule has 2 atom stereocenters. The fourth-order valence-electron chi connectivity index (χ4n) is 6.20.